The van der Waals surface area contributed by atoms with E-state index >= 15 is 0 Å². The normalized spacial score (nSPS) is 10.8. The van der Waals surface area contributed by atoms with Gasteiger partial charge in [-0.15, -0.1) is 0 Å². The predicted molar refractivity (Wildman–Crippen MR) is 82.0 cm³/mol. The molecule has 0 saturated heterocycles. The second-order valence-corrected chi connectivity index (χ2v) is 5.60. The van der Waals surface area contributed by atoms with Gasteiger partial charge in [0.25, 0.3) is 0 Å². The third-order valence-corrected chi connectivity index (χ3v) is 3.26. The first-order valence-corrected chi connectivity index (χ1v) is 7.59. The monoisotopic (exact) mass is 297 g/mol. The van der Waals surface area contributed by atoms with Crippen LogP contribution in [0.3, 0.4) is 0 Å². The number of nitrogens with zero attached hydrogens (tertiary/aromatic N) is 1. The number of esters is 1. The van der Waals surface area contributed by atoms with Crippen LogP contribution in [0.4, 0.5) is 0 Å². The molecular weight excluding hydrogens is 274 g/mol. The molecule has 1 aromatic carbocycles. The Labute approximate surface area is 125 Å². The second-order valence-electron chi connectivity index (χ2n) is 4.72. The molecule has 5 heteroatoms. The predicted octanol–water partition coefficient (Wildman–Crippen LogP) is 3.23. The van der Waals surface area contributed by atoms with Gasteiger partial charge in [0.05, 0.1) is 18.8 Å². The number of hydrogen-bond acceptors (Lipinski definition) is 5. The molecule has 1 aromatic rings. The minimum atomic E-state index is -0.269. The van der Waals surface area contributed by atoms with Gasteiger partial charge in [0.15, 0.2) is 0 Å². The lowest BCUT2D eigenvalue weighted by atomic mass is 10.2. The van der Waals surface area contributed by atoms with E-state index in [0.717, 1.165) is 30.9 Å². The average molecular weight is 297 g/mol. The van der Waals surface area contributed by atoms with E-state index in [1.165, 1.54) is 12.0 Å². The number of benzene rings is 1. The molecule has 0 heterocycles. The van der Waals surface area contributed by atoms with Gasteiger partial charge >= 0.3 is 5.97 Å². The lowest BCUT2D eigenvalue weighted by molar-refractivity contribution is 0.0493. The molecule has 0 saturated carbocycles. The number of carbonyl (C=O) groups excluding carboxylic acids is 1. The van der Waals surface area contributed by atoms with Crippen molar-refractivity contribution in [3.63, 3.8) is 0 Å². The Hall–Kier alpha value is -1.04. The molecule has 0 amide bonds. The van der Waals surface area contributed by atoms with E-state index in [4.69, 9.17) is 8.92 Å². The molecule has 0 unspecified atom stereocenters. The van der Waals surface area contributed by atoms with Crippen molar-refractivity contribution >= 4 is 18.0 Å². The summed E-state index contributed by atoms with van der Waals surface area (Å²) < 4.78 is 10.6. The maximum Gasteiger partial charge on any atom is 0.338 e. The van der Waals surface area contributed by atoms with Crippen LogP contribution in [0.25, 0.3) is 0 Å². The van der Waals surface area contributed by atoms with Gasteiger partial charge in [0, 0.05) is 23.5 Å². The maximum absolute atomic E-state index is 11.8. The van der Waals surface area contributed by atoms with E-state index in [1.54, 1.807) is 12.1 Å². The van der Waals surface area contributed by atoms with Gasteiger partial charge in [-0.1, -0.05) is 6.92 Å². The Balaban J connectivity index is 2.33. The smallest absolute Gasteiger partial charge is 0.338 e. The quantitative estimate of drug-likeness (QED) is 0.397. The molecule has 4 nitrogen and oxygen atoms in total. The minimum absolute atomic E-state index is 0.269. The summed E-state index contributed by atoms with van der Waals surface area (Å²) in [6.45, 7) is 4.15. The largest absolute Gasteiger partial charge is 0.462 e. The number of carbonyl (C=O) groups is 1. The van der Waals surface area contributed by atoms with E-state index in [-0.39, 0.29) is 5.97 Å². The van der Waals surface area contributed by atoms with Crippen molar-refractivity contribution < 1.29 is 13.7 Å². The third-order valence-electron chi connectivity index (χ3n) is 2.52. The zero-order valence-corrected chi connectivity index (χ0v) is 13.2. The highest BCUT2D eigenvalue weighted by atomic mass is 32.2. The molecule has 0 aliphatic carbocycles. The Morgan fingerprint density at radius 1 is 1.20 bits per heavy atom. The third kappa shape index (κ3) is 6.93. The summed E-state index contributed by atoms with van der Waals surface area (Å²) in [6.07, 6.45) is 1.84. The van der Waals surface area contributed by atoms with E-state index < -0.39 is 0 Å². The molecule has 20 heavy (non-hydrogen) atoms. The number of ether oxygens (including phenoxy) is 1. The summed E-state index contributed by atoms with van der Waals surface area (Å²) in [5, 5.41) is 0. The summed E-state index contributed by atoms with van der Waals surface area (Å²) in [5.74, 6) is -0.269. The molecule has 0 aliphatic rings. The highest BCUT2D eigenvalue weighted by Gasteiger charge is 2.07. The molecule has 1 rings (SSSR count). The number of rotatable bonds is 9. The molecule has 0 spiro atoms. The van der Waals surface area contributed by atoms with Crippen molar-refractivity contribution in [2.24, 2.45) is 0 Å². The van der Waals surface area contributed by atoms with Gasteiger partial charge in [-0.2, -0.15) is 0 Å². The van der Waals surface area contributed by atoms with Crippen LogP contribution in [-0.2, 0) is 8.92 Å². The van der Waals surface area contributed by atoms with Crippen molar-refractivity contribution in [2.45, 2.75) is 24.7 Å². The SMILES string of the molecule is CCCOSc1ccc(C(=O)OCCCN(C)C)cc1. The zero-order chi connectivity index (χ0) is 14.8. The standard InChI is InChI=1S/C15H23NO3S/c1-4-11-19-20-14-8-6-13(7-9-14)15(17)18-12-5-10-16(2)3/h6-9H,4-5,10-12H2,1-3H3. The maximum atomic E-state index is 11.8. The summed E-state index contributed by atoms with van der Waals surface area (Å²) in [6, 6.07) is 7.28. The molecule has 112 valence electrons. The van der Waals surface area contributed by atoms with Crippen LogP contribution >= 0.6 is 12.0 Å². The molecule has 0 atom stereocenters. The van der Waals surface area contributed by atoms with E-state index in [1.807, 2.05) is 26.2 Å². The number of hydrogen-bond donors (Lipinski definition) is 0. The summed E-state index contributed by atoms with van der Waals surface area (Å²) in [5.41, 5.74) is 0.578. The van der Waals surface area contributed by atoms with Crippen LogP contribution in [0.2, 0.25) is 0 Å². The van der Waals surface area contributed by atoms with Crippen LogP contribution in [0.5, 0.6) is 0 Å². The van der Waals surface area contributed by atoms with Crippen molar-refractivity contribution in [3.8, 4) is 0 Å². The zero-order valence-electron chi connectivity index (χ0n) is 12.4. The van der Waals surface area contributed by atoms with Gasteiger partial charge in [0.2, 0.25) is 0 Å². The summed E-state index contributed by atoms with van der Waals surface area (Å²) >= 11 is 1.33. The Morgan fingerprint density at radius 3 is 2.50 bits per heavy atom. The first kappa shape index (κ1) is 17.0. The van der Waals surface area contributed by atoms with Gasteiger partial charge in [-0.3, -0.25) is 0 Å². The first-order valence-electron chi connectivity index (χ1n) is 6.85. The van der Waals surface area contributed by atoms with Crippen molar-refractivity contribution in [2.75, 3.05) is 33.9 Å². The van der Waals surface area contributed by atoms with Gasteiger partial charge in [-0.05, 0) is 51.2 Å². The topological polar surface area (TPSA) is 38.8 Å². The molecular formula is C15H23NO3S. The van der Waals surface area contributed by atoms with Crippen LogP contribution in [0.1, 0.15) is 30.1 Å². The Bertz CT molecular complexity index is 393. The van der Waals surface area contributed by atoms with Crippen molar-refractivity contribution in [1.29, 1.82) is 0 Å². The molecule has 0 fully saturated rings. The van der Waals surface area contributed by atoms with Crippen LogP contribution in [0.15, 0.2) is 29.2 Å². The molecule has 0 radical (unpaired) electrons. The van der Waals surface area contributed by atoms with E-state index in [9.17, 15) is 4.79 Å². The molecule has 0 N–H and O–H groups in total. The summed E-state index contributed by atoms with van der Waals surface area (Å²) in [4.78, 5) is 14.8. The minimum Gasteiger partial charge on any atom is -0.462 e. The average Bonchev–Trinajstić information content (AvgIpc) is 2.44. The van der Waals surface area contributed by atoms with Crippen LogP contribution in [-0.4, -0.2) is 44.7 Å². The van der Waals surface area contributed by atoms with Crippen molar-refractivity contribution in [3.05, 3.63) is 29.8 Å². The molecule has 0 aromatic heterocycles. The van der Waals surface area contributed by atoms with Gasteiger partial charge in [-0.25, -0.2) is 4.79 Å². The fourth-order valence-electron chi connectivity index (χ4n) is 1.47. The van der Waals surface area contributed by atoms with Crippen LogP contribution < -0.4 is 0 Å². The Morgan fingerprint density at radius 2 is 1.90 bits per heavy atom. The fraction of sp³-hybridized carbons (Fsp3) is 0.533. The second kappa shape index (κ2) is 9.80. The molecule has 0 bridgehead atoms. The van der Waals surface area contributed by atoms with Gasteiger partial charge in [0.1, 0.15) is 0 Å². The highest BCUT2D eigenvalue weighted by molar-refractivity contribution is 7.94. The van der Waals surface area contributed by atoms with Crippen LogP contribution in [0, 0.1) is 0 Å². The van der Waals surface area contributed by atoms with Crippen molar-refractivity contribution in [1.82, 2.24) is 4.90 Å². The van der Waals surface area contributed by atoms with E-state index in [2.05, 4.69) is 11.8 Å². The van der Waals surface area contributed by atoms with E-state index in [0.29, 0.717) is 12.2 Å². The molecule has 0 aliphatic heterocycles. The first-order chi connectivity index (χ1) is 9.63. The van der Waals surface area contributed by atoms with Gasteiger partial charge < -0.3 is 13.8 Å². The Kier molecular flexibility index (Phi) is 8.34. The fourth-order valence-corrected chi connectivity index (χ4v) is 2.10. The lowest BCUT2D eigenvalue weighted by Gasteiger charge is -2.09. The summed E-state index contributed by atoms with van der Waals surface area (Å²) in [7, 11) is 4.00. The highest BCUT2D eigenvalue weighted by Crippen LogP contribution is 2.19. The lowest BCUT2D eigenvalue weighted by Crippen LogP contribution is -2.16.